The highest BCUT2D eigenvalue weighted by Crippen LogP contribution is 2.19. The second kappa shape index (κ2) is 4.56. The second-order valence-electron chi connectivity index (χ2n) is 5.82. The average Bonchev–Trinajstić information content (AvgIpc) is 3.05. The van der Waals surface area contributed by atoms with Crippen LogP contribution in [0.1, 0.15) is 16.7 Å². The fourth-order valence-corrected chi connectivity index (χ4v) is 2.97. The van der Waals surface area contributed by atoms with Gasteiger partial charge >= 0.3 is 6.85 Å². The summed E-state index contributed by atoms with van der Waals surface area (Å²) in [5, 5.41) is 3.85. The Hall–Kier alpha value is -2.37. The number of pyridine rings is 1. The molecule has 0 aliphatic carbocycles. The first-order valence-electron chi connectivity index (χ1n) is 8.89. The number of rotatable bonds is 1. The quantitative estimate of drug-likeness (QED) is 0.737. The molecule has 5 nitrogen and oxygen atoms in total. The van der Waals surface area contributed by atoms with Crippen molar-refractivity contribution in [2.75, 3.05) is 6.98 Å². The number of hydrogen-bond donors (Lipinski definition) is 0. The highest BCUT2D eigenvalue weighted by Gasteiger charge is 2.29. The van der Waals surface area contributed by atoms with Crippen molar-refractivity contribution in [3.05, 3.63) is 40.9 Å². The first kappa shape index (κ1) is 10.4. The van der Waals surface area contributed by atoms with Crippen molar-refractivity contribution >= 4 is 30.1 Å². The van der Waals surface area contributed by atoms with E-state index in [1.165, 1.54) is 4.90 Å². The van der Waals surface area contributed by atoms with Crippen molar-refractivity contribution in [1.82, 2.24) is 19.8 Å². The molecule has 1 atom stereocenters. The molecule has 0 radical (unpaired) electrons. The summed E-state index contributed by atoms with van der Waals surface area (Å²) in [4.78, 5) is 7.86. The summed E-state index contributed by atoms with van der Waals surface area (Å²) in [5.41, 5.74) is 2.34. The minimum atomic E-state index is -2.16. The van der Waals surface area contributed by atoms with Crippen LogP contribution >= 0.6 is 0 Å². The maximum Gasteiger partial charge on any atom is 0.306 e. The van der Waals surface area contributed by atoms with E-state index < -0.39 is 6.98 Å². The molecule has 22 heavy (non-hydrogen) atoms. The zero-order valence-corrected chi connectivity index (χ0v) is 12.8. The summed E-state index contributed by atoms with van der Waals surface area (Å²) in [6.45, 7) is 3.72. The van der Waals surface area contributed by atoms with Crippen LogP contribution in [0.15, 0.2) is 28.9 Å². The highest BCUT2D eigenvalue weighted by molar-refractivity contribution is 6.70. The van der Waals surface area contributed by atoms with Crippen molar-refractivity contribution < 1.29 is 8.53 Å². The van der Waals surface area contributed by atoms with Gasteiger partial charge in [0.2, 0.25) is 5.71 Å². The van der Waals surface area contributed by atoms with Crippen molar-refractivity contribution in [3.8, 4) is 0 Å². The van der Waals surface area contributed by atoms with Crippen LogP contribution in [0, 0.1) is 6.92 Å². The van der Waals surface area contributed by atoms with Gasteiger partial charge in [0.05, 0.1) is 0 Å². The molecule has 4 heterocycles. The monoisotopic (exact) mass is 297 g/mol. The Morgan fingerprint density at radius 3 is 3.00 bits per heavy atom. The minimum Gasteiger partial charge on any atom is -0.439 e. The number of aromatic nitrogens is 1. The van der Waals surface area contributed by atoms with E-state index in [9.17, 15) is 0 Å². The first-order valence-corrected chi connectivity index (χ1v) is 7.39. The smallest absolute Gasteiger partial charge is 0.306 e. The molecule has 2 aromatic rings. The molecule has 112 valence electrons. The molecule has 0 fully saturated rings. The van der Waals surface area contributed by atoms with Crippen LogP contribution in [0.4, 0.5) is 0 Å². The van der Waals surface area contributed by atoms with Crippen molar-refractivity contribution in [1.29, 1.82) is 0 Å². The minimum absolute atomic E-state index is 0.0258. The van der Waals surface area contributed by atoms with E-state index in [4.69, 9.17) is 8.53 Å². The van der Waals surface area contributed by atoms with Gasteiger partial charge in [-0.05, 0) is 32.0 Å². The summed E-state index contributed by atoms with van der Waals surface area (Å²) >= 11 is 0. The van der Waals surface area contributed by atoms with Gasteiger partial charge in [0.25, 0.3) is 0 Å². The van der Waals surface area contributed by atoms with E-state index in [0.717, 1.165) is 21.7 Å². The number of hydrogen-bond acceptors (Lipinski definition) is 5. The van der Waals surface area contributed by atoms with Gasteiger partial charge in [0, 0.05) is 46.0 Å². The standard InChI is InChI=1S/C16H19BN4O/c1-11-5-6-13-14-10-21(20-8-7-19(4)12(20)2)17(3)9-15(14)22-16(13)18-11/h5-10,12H,1-4H3/t12-/m0/s1/i4D3. The molecule has 0 saturated heterocycles. The third-order valence-corrected chi connectivity index (χ3v) is 4.27. The number of hydrazine groups is 1. The molecule has 2 aromatic heterocycles. The molecule has 0 saturated carbocycles. The Bertz CT molecular complexity index is 984. The van der Waals surface area contributed by atoms with Crippen molar-refractivity contribution in [2.24, 2.45) is 0 Å². The normalized spacial score (nSPS) is 23.0. The van der Waals surface area contributed by atoms with Crippen LogP contribution in [0.25, 0.3) is 23.3 Å². The lowest BCUT2D eigenvalue weighted by atomic mass is 9.63. The van der Waals surface area contributed by atoms with Gasteiger partial charge in [0.15, 0.2) is 0 Å². The largest absolute Gasteiger partial charge is 0.439 e. The lowest BCUT2D eigenvalue weighted by Crippen LogP contribution is -2.52. The predicted molar refractivity (Wildman–Crippen MR) is 88.6 cm³/mol. The van der Waals surface area contributed by atoms with Gasteiger partial charge in [0.1, 0.15) is 11.6 Å². The van der Waals surface area contributed by atoms with Crippen molar-refractivity contribution in [3.63, 3.8) is 0 Å². The van der Waals surface area contributed by atoms with Gasteiger partial charge in [-0.25, -0.2) is 4.98 Å². The van der Waals surface area contributed by atoms with E-state index in [-0.39, 0.29) is 13.0 Å². The molecule has 0 N–H and O–H groups in total. The van der Waals surface area contributed by atoms with Crippen LogP contribution < -0.4 is 10.6 Å². The second-order valence-corrected chi connectivity index (χ2v) is 5.82. The molecule has 0 unspecified atom stereocenters. The Morgan fingerprint density at radius 1 is 1.36 bits per heavy atom. The first-order chi connectivity index (χ1) is 11.8. The molecular formula is C16H19BN4O. The van der Waals surface area contributed by atoms with Gasteiger partial charge in [-0.15, -0.1) is 0 Å². The molecule has 4 rings (SSSR count). The molecule has 6 heteroatoms. The summed E-state index contributed by atoms with van der Waals surface area (Å²) in [7, 11) is 0. The number of fused-ring (bicyclic) bond motifs is 3. The number of furan rings is 1. The Balaban J connectivity index is 1.78. The fourth-order valence-electron chi connectivity index (χ4n) is 2.97. The predicted octanol–water partition coefficient (Wildman–Crippen LogP) is 1.11. The SMILES string of the molecule is [2H]C([2H])([2H])N1C=CN(N2C=c3c(oc4nc(C)ccc34)=CB2C)[C@H]1C. The summed E-state index contributed by atoms with van der Waals surface area (Å²) in [6, 6.07) is 3.97. The third kappa shape index (κ3) is 1.83. The zero-order chi connectivity index (χ0) is 17.9. The average molecular weight is 297 g/mol. The number of aryl methyl sites for hydroxylation is 1. The van der Waals surface area contributed by atoms with E-state index >= 15 is 0 Å². The highest BCUT2D eigenvalue weighted by atomic mass is 16.3. The topological polar surface area (TPSA) is 35.8 Å². The van der Waals surface area contributed by atoms with Crippen LogP contribution in [0.2, 0.25) is 6.82 Å². The Labute approximate surface area is 134 Å². The lowest BCUT2D eigenvalue weighted by Gasteiger charge is -2.39. The molecule has 2 aliphatic rings. The van der Waals surface area contributed by atoms with Gasteiger partial charge in [-0.3, -0.25) is 5.01 Å². The Morgan fingerprint density at radius 2 is 2.23 bits per heavy atom. The van der Waals surface area contributed by atoms with Gasteiger partial charge in [-0.2, -0.15) is 0 Å². The molecule has 0 spiro atoms. The lowest BCUT2D eigenvalue weighted by molar-refractivity contribution is 0.0856. The molecule has 0 bridgehead atoms. The number of nitrogens with zero attached hydrogens (tertiary/aromatic N) is 4. The third-order valence-electron chi connectivity index (χ3n) is 4.27. The summed E-state index contributed by atoms with van der Waals surface area (Å²) in [6.07, 6.45) is 5.12. The van der Waals surface area contributed by atoms with E-state index in [0.29, 0.717) is 5.71 Å². The summed E-state index contributed by atoms with van der Waals surface area (Å²) in [5.74, 6) is 2.03. The van der Waals surface area contributed by atoms with E-state index in [2.05, 4.69) is 4.98 Å². The molecular weight excluding hydrogens is 275 g/mol. The van der Waals surface area contributed by atoms with Crippen LogP contribution in [0.3, 0.4) is 0 Å². The van der Waals surface area contributed by atoms with Gasteiger partial charge in [-0.1, -0.05) is 6.82 Å². The Kier molecular flexibility index (Phi) is 2.15. The fraction of sp³-hybridized carbons (Fsp3) is 0.312. The van der Waals surface area contributed by atoms with Gasteiger partial charge < -0.3 is 14.2 Å². The van der Waals surface area contributed by atoms with Crippen molar-refractivity contribution in [2.45, 2.75) is 26.8 Å². The van der Waals surface area contributed by atoms with E-state index in [1.54, 1.807) is 12.4 Å². The van der Waals surface area contributed by atoms with Crippen LogP contribution in [-0.2, 0) is 0 Å². The van der Waals surface area contributed by atoms with Crippen LogP contribution in [0.5, 0.6) is 0 Å². The molecule has 2 aliphatic heterocycles. The summed E-state index contributed by atoms with van der Waals surface area (Å²) < 4.78 is 28.9. The molecule has 0 aromatic carbocycles. The maximum atomic E-state index is 7.66. The maximum absolute atomic E-state index is 7.66. The van der Waals surface area contributed by atoms with E-state index in [1.807, 2.05) is 54.9 Å². The zero-order valence-electron chi connectivity index (χ0n) is 15.8. The molecule has 0 amide bonds. The van der Waals surface area contributed by atoms with Crippen LogP contribution in [-0.4, -0.2) is 39.8 Å².